The molecular weight excluding hydrogens is 551 g/mol. The Hall–Kier alpha value is -3.73. The molecule has 1 N–H and O–H groups in total. The van der Waals surface area contributed by atoms with Crippen LogP contribution in [0.3, 0.4) is 0 Å². The van der Waals surface area contributed by atoms with Crippen LogP contribution < -0.4 is 14.8 Å². The third-order valence-corrected chi connectivity index (χ3v) is 8.39. The van der Waals surface area contributed by atoms with Gasteiger partial charge in [0.2, 0.25) is 0 Å². The van der Waals surface area contributed by atoms with Crippen molar-refractivity contribution in [2.24, 2.45) is 10.9 Å². The van der Waals surface area contributed by atoms with Gasteiger partial charge in [0.15, 0.2) is 11.5 Å². The summed E-state index contributed by atoms with van der Waals surface area (Å²) >= 11 is 12.3. The van der Waals surface area contributed by atoms with Crippen LogP contribution in [-0.2, 0) is 6.61 Å². The lowest BCUT2D eigenvalue weighted by Gasteiger charge is -2.37. The molecule has 208 valence electrons. The van der Waals surface area contributed by atoms with Crippen molar-refractivity contribution in [2.45, 2.75) is 38.8 Å². The number of nitrogens with zero attached hydrogens (tertiary/aromatic N) is 1. The molecule has 1 heterocycles. The van der Waals surface area contributed by atoms with Gasteiger partial charge in [0.25, 0.3) is 0 Å². The SMILES string of the molecule is CCOc1cc(C=Nc2ccc([C@@H]3Nc4ccc(C)cc4[C@@H]4C=CC[C@H]43)cc2)ccc1OCc1ccc(Cl)cc1Cl. The lowest BCUT2D eigenvalue weighted by atomic mass is 9.76. The van der Waals surface area contributed by atoms with Crippen LogP contribution in [0.2, 0.25) is 10.0 Å². The van der Waals surface area contributed by atoms with Crippen LogP contribution in [-0.4, -0.2) is 12.8 Å². The van der Waals surface area contributed by atoms with Gasteiger partial charge in [-0.05, 0) is 91.4 Å². The van der Waals surface area contributed by atoms with Crippen LogP contribution in [0.25, 0.3) is 0 Å². The molecule has 4 aromatic rings. The van der Waals surface area contributed by atoms with Gasteiger partial charge in [-0.3, -0.25) is 4.99 Å². The van der Waals surface area contributed by atoms with Crippen LogP contribution >= 0.6 is 23.2 Å². The van der Waals surface area contributed by atoms with E-state index in [9.17, 15) is 0 Å². The van der Waals surface area contributed by atoms with Crippen molar-refractivity contribution in [3.8, 4) is 11.5 Å². The summed E-state index contributed by atoms with van der Waals surface area (Å²) in [5.41, 5.74) is 7.93. The van der Waals surface area contributed by atoms with Crippen LogP contribution in [0.15, 0.2) is 96.0 Å². The Kier molecular flexibility index (Phi) is 8.04. The first-order valence-corrected chi connectivity index (χ1v) is 14.8. The highest BCUT2D eigenvalue weighted by Crippen LogP contribution is 2.50. The summed E-state index contributed by atoms with van der Waals surface area (Å²) in [6.45, 7) is 4.95. The number of fused-ring (bicyclic) bond motifs is 3. The van der Waals surface area contributed by atoms with Crippen molar-refractivity contribution in [1.29, 1.82) is 0 Å². The maximum absolute atomic E-state index is 6.30. The normalized spacial score (nSPS) is 19.1. The van der Waals surface area contributed by atoms with Gasteiger partial charge < -0.3 is 14.8 Å². The van der Waals surface area contributed by atoms with Gasteiger partial charge in [-0.25, -0.2) is 0 Å². The molecule has 6 heteroatoms. The van der Waals surface area contributed by atoms with Crippen molar-refractivity contribution in [3.05, 3.63) is 129 Å². The van der Waals surface area contributed by atoms with Crippen molar-refractivity contribution in [2.75, 3.05) is 11.9 Å². The summed E-state index contributed by atoms with van der Waals surface area (Å²) in [6.07, 6.45) is 7.66. The average Bonchev–Trinajstić information content (AvgIpc) is 3.47. The van der Waals surface area contributed by atoms with Crippen molar-refractivity contribution >= 4 is 40.8 Å². The Morgan fingerprint density at radius 2 is 1.78 bits per heavy atom. The molecule has 41 heavy (non-hydrogen) atoms. The predicted octanol–water partition coefficient (Wildman–Crippen LogP) is 9.86. The zero-order valence-electron chi connectivity index (χ0n) is 23.1. The number of aliphatic imine (C=N–C) groups is 1. The minimum absolute atomic E-state index is 0.271. The molecule has 4 nitrogen and oxygen atoms in total. The second kappa shape index (κ2) is 12.0. The standard InChI is InChI=1S/C35H32Cl2N2O2/c1-3-40-34-18-23(8-16-33(34)41-21-25-9-12-26(36)19-31(25)37)20-38-27-13-10-24(11-14-27)35-29-6-4-5-28(29)30-17-22(2)7-15-32(30)39-35/h4-5,7-20,28-29,35,39H,3,6,21H2,1-2H3/t28-,29-,35+/m1/s1. The highest BCUT2D eigenvalue weighted by atomic mass is 35.5. The molecule has 2 aliphatic rings. The summed E-state index contributed by atoms with van der Waals surface area (Å²) in [6, 6.07) is 26.8. The molecule has 0 unspecified atom stereocenters. The van der Waals surface area contributed by atoms with E-state index in [1.54, 1.807) is 12.1 Å². The molecule has 0 spiro atoms. The number of nitrogens with one attached hydrogen (secondary N) is 1. The van der Waals surface area contributed by atoms with E-state index in [0.29, 0.717) is 46.6 Å². The van der Waals surface area contributed by atoms with E-state index in [0.717, 1.165) is 23.2 Å². The van der Waals surface area contributed by atoms with E-state index in [1.807, 2.05) is 37.4 Å². The van der Waals surface area contributed by atoms with E-state index in [4.69, 9.17) is 37.7 Å². The number of halogens is 2. The van der Waals surface area contributed by atoms with E-state index in [-0.39, 0.29) is 6.04 Å². The van der Waals surface area contributed by atoms with Gasteiger partial charge in [0, 0.05) is 33.4 Å². The monoisotopic (exact) mass is 582 g/mol. The largest absolute Gasteiger partial charge is 0.490 e. The number of anilines is 1. The molecule has 0 radical (unpaired) electrons. The lowest BCUT2D eigenvalue weighted by Crippen LogP contribution is -2.29. The topological polar surface area (TPSA) is 42.8 Å². The fourth-order valence-corrected chi connectivity index (χ4v) is 6.21. The van der Waals surface area contributed by atoms with Crippen molar-refractivity contribution in [3.63, 3.8) is 0 Å². The molecule has 0 saturated carbocycles. The second-order valence-electron chi connectivity index (χ2n) is 10.6. The van der Waals surface area contributed by atoms with E-state index in [1.165, 1.54) is 22.4 Å². The first kappa shape index (κ1) is 27.4. The number of hydrogen-bond donors (Lipinski definition) is 1. The molecule has 0 amide bonds. The molecule has 0 fully saturated rings. The minimum Gasteiger partial charge on any atom is -0.490 e. The molecule has 6 rings (SSSR count). The average molecular weight is 584 g/mol. The number of rotatable bonds is 8. The lowest BCUT2D eigenvalue weighted by molar-refractivity contribution is 0.269. The highest BCUT2D eigenvalue weighted by molar-refractivity contribution is 6.35. The number of hydrogen-bond acceptors (Lipinski definition) is 4. The third kappa shape index (κ3) is 6.00. The Balaban J connectivity index is 1.15. The van der Waals surface area contributed by atoms with Crippen LogP contribution in [0.5, 0.6) is 11.5 Å². The smallest absolute Gasteiger partial charge is 0.161 e. The molecule has 1 aliphatic carbocycles. The van der Waals surface area contributed by atoms with Gasteiger partial charge in [-0.2, -0.15) is 0 Å². The maximum Gasteiger partial charge on any atom is 0.161 e. The van der Waals surface area contributed by atoms with Crippen molar-refractivity contribution in [1.82, 2.24) is 0 Å². The number of benzene rings is 4. The number of allylic oxidation sites excluding steroid dienone is 2. The molecular formula is C35H32Cl2N2O2. The fourth-order valence-electron chi connectivity index (χ4n) is 5.75. The molecule has 0 saturated heterocycles. The molecule has 0 aromatic heterocycles. The Morgan fingerprint density at radius 1 is 0.927 bits per heavy atom. The van der Waals surface area contributed by atoms with E-state index in [2.05, 4.69) is 66.9 Å². The van der Waals surface area contributed by atoms with Gasteiger partial charge in [0.05, 0.1) is 18.3 Å². The van der Waals surface area contributed by atoms with Crippen LogP contribution in [0.4, 0.5) is 11.4 Å². The Morgan fingerprint density at radius 3 is 2.59 bits per heavy atom. The molecule has 4 aromatic carbocycles. The van der Waals surface area contributed by atoms with Gasteiger partial charge in [-0.1, -0.05) is 71.2 Å². The van der Waals surface area contributed by atoms with E-state index >= 15 is 0 Å². The quantitative estimate of drug-likeness (QED) is 0.166. The van der Waals surface area contributed by atoms with E-state index < -0.39 is 0 Å². The summed E-state index contributed by atoms with van der Waals surface area (Å²) in [7, 11) is 0. The first-order chi connectivity index (χ1) is 20.0. The third-order valence-electron chi connectivity index (χ3n) is 7.80. The summed E-state index contributed by atoms with van der Waals surface area (Å²) in [5, 5.41) is 4.99. The van der Waals surface area contributed by atoms with Gasteiger partial charge in [-0.15, -0.1) is 0 Å². The summed E-state index contributed by atoms with van der Waals surface area (Å²) in [4.78, 5) is 4.74. The Labute approximate surface area is 251 Å². The fraction of sp³-hybridized carbons (Fsp3) is 0.229. The summed E-state index contributed by atoms with van der Waals surface area (Å²) in [5.74, 6) is 2.29. The molecule has 3 atom stereocenters. The highest BCUT2D eigenvalue weighted by Gasteiger charge is 2.37. The first-order valence-electron chi connectivity index (χ1n) is 14.0. The maximum atomic E-state index is 6.30. The van der Waals surface area contributed by atoms with Gasteiger partial charge >= 0.3 is 0 Å². The predicted molar refractivity (Wildman–Crippen MR) is 170 cm³/mol. The molecule has 0 bridgehead atoms. The zero-order valence-corrected chi connectivity index (χ0v) is 24.6. The summed E-state index contributed by atoms with van der Waals surface area (Å²) < 4.78 is 11.9. The van der Waals surface area contributed by atoms with Crippen molar-refractivity contribution < 1.29 is 9.47 Å². The number of ether oxygens (including phenoxy) is 2. The molecule has 1 aliphatic heterocycles. The second-order valence-corrected chi connectivity index (χ2v) is 11.4. The zero-order chi connectivity index (χ0) is 28.3. The van der Waals surface area contributed by atoms with Gasteiger partial charge in [0.1, 0.15) is 6.61 Å². The Bertz CT molecular complexity index is 1610. The number of aryl methyl sites for hydroxylation is 1. The minimum atomic E-state index is 0.271. The van der Waals surface area contributed by atoms with Crippen LogP contribution in [0, 0.1) is 12.8 Å². The van der Waals surface area contributed by atoms with Crippen LogP contribution in [0.1, 0.15) is 53.1 Å².